The second-order valence-electron chi connectivity index (χ2n) is 5.54. The van der Waals surface area contributed by atoms with Crippen LogP contribution in [-0.2, 0) is 0 Å². The molecular formula is C17H21NO6. The fourth-order valence-electron chi connectivity index (χ4n) is 2.21. The Bertz CT molecular complexity index is 654. The first-order valence-electron chi connectivity index (χ1n) is 7.33. The van der Waals surface area contributed by atoms with Crippen LogP contribution in [0.15, 0.2) is 54.6 Å². The summed E-state index contributed by atoms with van der Waals surface area (Å²) in [4.78, 5) is 0. The summed E-state index contributed by atoms with van der Waals surface area (Å²) in [5.41, 5.74) is 1.26. The van der Waals surface area contributed by atoms with E-state index in [0.717, 1.165) is 5.56 Å². The van der Waals surface area contributed by atoms with Crippen LogP contribution in [0.4, 0.5) is 0 Å². The second-order valence-corrected chi connectivity index (χ2v) is 5.54. The number of para-hydroxylation sites is 1. The summed E-state index contributed by atoms with van der Waals surface area (Å²) in [5, 5.41) is 49.3. The first kappa shape index (κ1) is 18.3. The Morgan fingerprint density at radius 1 is 0.917 bits per heavy atom. The highest BCUT2D eigenvalue weighted by atomic mass is 16.7. The van der Waals surface area contributed by atoms with E-state index in [9.17, 15) is 10.2 Å². The average molecular weight is 335 g/mol. The van der Waals surface area contributed by atoms with E-state index >= 15 is 0 Å². The Hall–Kier alpha value is -2.00. The molecule has 0 aliphatic heterocycles. The summed E-state index contributed by atoms with van der Waals surface area (Å²) < 4.78 is 5.78. The number of hydrogen-bond donors (Lipinski definition) is 6. The standard InChI is InChI=1S/C17H21NO6/c1-12-7-5-6-10-14(12)24-15(13-8-3-2-4-9-13)16(19,20)11-18-17(21,22)23/h2-10,15,18-23H,11H2,1H3. The zero-order valence-electron chi connectivity index (χ0n) is 13.1. The summed E-state index contributed by atoms with van der Waals surface area (Å²) in [6.45, 7) is 1.05. The number of aliphatic hydroxyl groups is 5. The smallest absolute Gasteiger partial charge is 0.343 e. The molecule has 6 N–H and O–H groups in total. The maximum atomic E-state index is 10.4. The Labute approximate surface area is 139 Å². The molecule has 7 nitrogen and oxygen atoms in total. The molecule has 0 bridgehead atoms. The minimum atomic E-state index is -3.24. The second kappa shape index (κ2) is 7.27. The predicted molar refractivity (Wildman–Crippen MR) is 85.5 cm³/mol. The molecule has 1 atom stereocenters. The first-order valence-corrected chi connectivity index (χ1v) is 7.33. The summed E-state index contributed by atoms with van der Waals surface area (Å²) in [6, 6.07) is 15.5. The average Bonchev–Trinajstić information content (AvgIpc) is 2.52. The fraction of sp³-hybridized carbons (Fsp3) is 0.294. The van der Waals surface area contributed by atoms with Crippen LogP contribution in [0.5, 0.6) is 5.75 Å². The number of hydrogen-bond acceptors (Lipinski definition) is 7. The number of nitrogens with one attached hydrogen (secondary N) is 1. The van der Waals surface area contributed by atoms with E-state index in [4.69, 9.17) is 20.1 Å². The van der Waals surface area contributed by atoms with Crippen molar-refractivity contribution in [3.63, 3.8) is 0 Å². The van der Waals surface area contributed by atoms with Crippen molar-refractivity contribution < 1.29 is 30.3 Å². The molecule has 0 aliphatic rings. The van der Waals surface area contributed by atoms with Crippen LogP contribution >= 0.6 is 0 Å². The molecule has 0 aliphatic carbocycles. The van der Waals surface area contributed by atoms with Crippen molar-refractivity contribution in [3.05, 3.63) is 65.7 Å². The van der Waals surface area contributed by atoms with Crippen LogP contribution in [0.25, 0.3) is 0 Å². The van der Waals surface area contributed by atoms with E-state index in [1.807, 2.05) is 19.1 Å². The van der Waals surface area contributed by atoms with E-state index in [1.165, 1.54) is 0 Å². The van der Waals surface area contributed by atoms with Gasteiger partial charge in [0.2, 0.25) is 5.79 Å². The van der Waals surface area contributed by atoms with Crippen molar-refractivity contribution in [2.24, 2.45) is 0 Å². The molecule has 0 amide bonds. The van der Waals surface area contributed by atoms with Crippen LogP contribution in [0.2, 0.25) is 0 Å². The van der Waals surface area contributed by atoms with Gasteiger partial charge in [-0.2, -0.15) is 0 Å². The maximum Gasteiger partial charge on any atom is 0.343 e. The molecule has 0 aromatic heterocycles. The normalized spacial score (nSPS) is 13.6. The zero-order valence-corrected chi connectivity index (χ0v) is 13.1. The molecule has 0 spiro atoms. The van der Waals surface area contributed by atoms with Crippen LogP contribution in [0.3, 0.4) is 0 Å². The lowest BCUT2D eigenvalue weighted by atomic mass is 10.0. The summed E-state index contributed by atoms with van der Waals surface area (Å²) >= 11 is 0. The Kier molecular flexibility index (Phi) is 5.55. The van der Waals surface area contributed by atoms with Crippen molar-refractivity contribution in [2.75, 3.05) is 6.54 Å². The van der Waals surface area contributed by atoms with Gasteiger partial charge >= 0.3 is 6.10 Å². The Balaban J connectivity index is 2.31. The minimum Gasteiger partial charge on any atom is -0.480 e. The third kappa shape index (κ3) is 5.00. The van der Waals surface area contributed by atoms with E-state index < -0.39 is 24.5 Å². The molecule has 2 aromatic rings. The highest BCUT2D eigenvalue weighted by Crippen LogP contribution is 2.31. The molecule has 0 heterocycles. The first-order chi connectivity index (χ1) is 11.2. The fourth-order valence-corrected chi connectivity index (χ4v) is 2.21. The van der Waals surface area contributed by atoms with Crippen LogP contribution in [-0.4, -0.2) is 44.0 Å². The van der Waals surface area contributed by atoms with Crippen molar-refractivity contribution in [1.82, 2.24) is 5.32 Å². The molecule has 2 aromatic carbocycles. The van der Waals surface area contributed by atoms with Gasteiger partial charge in [0.15, 0.2) is 6.10 Å². The lowest BCUT2D eigenvalue weighted by molar-refractivity contribution is -0.342. The van der Waals surface area contributed by atoms with Crippen LogP contribution in [0, 0.1) is 6.92 Å². The van der Waals surface area contributed by atoms with Gasteiger partial charge in [-0.05, 0) is 24.1 Å². The van der Waals surface area contributed by atoms with Gasteiger partial charge in [-0.15, -0.1) is 0 Å². The molecule has 2 rings (SSSR count). The summed E-state index contributed by atoms with van der Waals surface area (Å²) in [5.74, 6) is -2.09. The molecule has 130 valence electrons. The van der Waals surface area contributed by atoms with Crippen molar-refractivity contribution in [2.45, 2.75) is 24.9 Å². The van der Waals surface area contributed by atoms with Gasteiger partial charge in [0.05, 0.1) is 6.54 Å². The topological polar surface area (TPSA) is 122 Å². The molecule has 0 fully saturated rings. The van der Waals surface area contributed by atoms with Crippen molar-refractivity contribution >= 4 is 0 Å². The maximum absolute atomic E-state index is 10.4. The molecule has 24 heavy (non-hydrogen) atoms. The minimum absolute atomic E-state index is 0.446. The Morgan fingerprint density at radius 2 is 1.50 bits per heavy atom. The quantitative estimate of drug-likeness (QED) is 0.393. The highest BCUT2D eigenvalue weighted by Gasteiger charge is 2.40. The number of aryl methyl sites for hydroxylation is 1. The summed E-state index contributed by atoms with van der Waals surface area (Å²) in [7, 11) is 0. The molecule has 1 unspecified atom stereocenters. The molecule has 0 radical (unpaired) electrons. The van der Waals surface area contributed by atoms with E-state index in [-0.39, 0.29) is 0 Å². The molecule has 7 heteroatoms. The van der Waals surface area contributed by atoms with E-state index in [0.29, 0.717) is 11.3 Å². The van der Waals surface area contributed by atoms with Gasteiger partial charge in [-0.25, -0.2) is 5.32 Å². The number of ether oxygens (including phenoxy) is 1. The highest BCUT2D eigenvalue weighted by molar-refractivity contribution is 5.33. The predicted octanol–water partition coefficient (Wildman–Crippen LogP) is -0.0262. The van der Waals surface area contributed by atoms with Gasteiger partial charge < -0.3 is 30.3 Å². The molecule has 0 saturated carbocycles. The van der Waals surface area contributed by atoms with Crippen molar-refractivity contribution in [3.8, 4) is 5.75 Å². The lowest BCUT2D eigenvalue weighted by Gasteiger charge is -2.33. The largest absolute Gasteiger partial charge is 0.480 e. The van der Waals surface area contributed by atoms with Crippen LogP contribution in [0.1, 0.15) is 17.2 Å². The number of rotatable bonds is 7. The van der Waals surface area contributed by atoms with Crippen LogP contribution < -0.4 is 10.1 Å². The zero-order chi connectivity index (χ0) is 17.8. The third-order valence-electron chi connectivity index (χ3n) is 3.45. The van der Waals surface area contributed by atoms with E-state index in [1.54, 1.807) is 47.8 Å². The number of benzene rings is 2. The van der Waals surface area contributed by atoms with Crippen molar-refractivity contribution in [1.29, 1.82) is 0 Å². The van der Waals surface area contributed by atoms with Gasteiger partial charge in [-0.3, -0.25) is 0 Å². The van der Waals surface area contributed by atoms with Gasteiger partial charge in [-0.1, -0.05) is 48.5 Å². The third-order valence-corrected chi connectivity index (χ3v) is 3.45. The van der Waals surface area contributed by atoms with Gasteiger partial charge in [0.1, 0.15) is 5.75 Å². The molecular weight excluding hydrogens is 314 g/mol. The summed E-state index contributed by atoms with van der Waals surface area (Å²) in [6.07, 6.45) is -4.48. The SMILES string of the molecule is Cc1ccccc1OC(c1ccccc1)C(O)(O)CNC(O)(O)O. The van der Waals surface area contributed by atoms with E-state index in [2.05, 4.69) is 0 Å². The monoisotopic (exact) mass is 335 g/mol. The molecule has 0 saturated heterocycles. The lowest BCUT2D eigenvalue weighted by Crippen LogP contribution is -2.55. The van der Waals surface area contributed by atoms with Gasteiger partial charge in [0.25, 0.3) is 0 Å². The Morgan fingerprint density at radius 3 is 2.08 bits per heavy atom. The van der Waals surface area contributed by atoms with Gasteiger partial charge in [0, 0.05) is 0 Å².